The lowest BCUT2D eigenvalue weighted by molar-refractivity contribution is -0.143. The molecule has 4 nitrogen and oxygen atoms in total. The van der Waals surface area contributed by atoms with Crippen LogP contribution in [0, 0.1) is 11.8 Å². The minimum Gasteiger partial charge on any atom is -0.481 e. The minimum atomic E-state index is -0.769. The van der Waals surface area contributed by atoms with Gasteiger partial charge in [0.15, 0.2) is 0 Å². The van der Waals surface area contributed by atoms with Gasteiger partial charge in [0, 0.05) is 0 Å². The molecule has 0 amide bonds. The first kappa shape index (κ1) is 17.7. The van der Waals surface area contributed by atoms with E-state index >= 15 is 0 Å². The molecule has 0 aliphatic rings. The lowest BCUT2D eigenvalue weighted by Gasteiger charge is -2.13. The highest BCUT2D eigenvalue weighted by Crippen LogP contribution is 2.20. The van der Waals surface area contributed by atoms with Crippen molar-refractivity contribution in [1.29, 1.82) is 0 Å². The topological polar surface area (TPSA) is 74.6 Å². The molecule has 0 saturated heterocycles. The average molecular weight is 270 g/mol. The third-order valence-corrected chi connectivity index (χ3v) is 3.29. The smallest absolute Gasteiger partial charge is 0.306 e. The predicted octanol–water partition coefficient (Wildman–Crippen LogP) is 3.71. The number of hydrogen-bond donors (Lipinski definition) is 2. The molecule has 110 valence electrons. The van der Waals surface area contributed by atoms with Crippen LogP contribution in [0.1, 0.15) is 59.3 Å². The molecule has 0 saturated carbocycles. The standard InChI is InChI=1S/C15H26O4/c1-4-6-12(14(16)17)9-8-11(3)10-13(7-5-2)15(18)19/h8,12-13H,4-7,9-10H2,1-3H3,(H,16,17)(H,18,19). The van der Waals surface area contributed by atoms with E-state index in [-0.39, 0.29) is 11.8 Å². The van der Waals surface area contributed by atoms with Crippen molar-refractivity contribution in [2.24, 2.45) is 11.8 Å². The molecule has 19 heavy (non-hydrogen) atoms. The molecule has 0 spiro atoms. The van der Waals surface area contributed by atoms with E-state index in [1.165, 1.54) is 0 Å². The molecular formula is C15H26O4. The summed E-state index contributed by atoms with van der Waals surface area (Å²) in [6.45, 7) is 5.82. The zero-order valence-electron chi connectivity index (χ0n) is 12.2. The van der Waals surface area contributed by atoms with E-state index in [2.05, 4.69) is 0 Å². The van der Waals surface area contributed by atoms with Crippen molar-refractivity contribution in [3.8, 4) is 0 Å². The minimum absolute atomic E-state index is 0.351. The molecule has 0 heterocycles. The van der Waals surface area contributed by atoms with Crippen molar-refractivity contribution in [1.82, 2.24) is 0 Å². The summed E-state index contributed by atoms with van der Waals surface area (Å²) in [5.41, 5.74) is 0.975. The first-order chi connectivity index (χ1) is 8.92. The van der Waals surface area contributed by atoms with Crippen molar-refractivity contribution in [2.45, 2.75) is 59.3 Å². The second-order valence-electron chi connectivity index (χ2n) is 5.14. The Kier molecular flexibility index (Phi) is 8.92. The van der Waals surface area contributed by atoms with E-state index in [1.54, 1.807) is 0 Å². The van der Waals surface area contributed by atoms with Crippen LogP contribution in [0.2, 0.25) is 0 Å². The van der Waals surface area contributed by atoms with Crippen LogP contribution >= 0.6 is 0 Å². The van der Waals surface area contributed by atoms with Gasteiger partial charge in [-0.2, -0.15) is 0 Å². The van der Waals surface area contributed by atoms with E-state index in [0.717, 1.165) is 18.4 Å². The molecule has 2 N–H and O–H groups in total. The van der Waals surface area contributed by atoms with E-state index in [9.17, 15) is 9.59 Å². The lowest BCUT2D eigenvalue weighted by Crippen LogP contribution is -2.14. The van der Waals surface area contributed by atoms with Gasteiger partial charge in [0.1, 0.15) is 0 Å². The molecule has 2 atom stereocenters. The van der Waals surface area contributed by atoms with Gasteiger partial charge < -0.3 is 10.2 Å². The monoisotopic (exact) mass is 270 g/mol. The SMILES string of the molecule is CCCC(CC=C(C)CC(CCC)C(=O)O)C(=O)O. The van der Waals surface area contributed by atoms with E-state index < -0.39 is 11.9 Å². The van der Waals surface area contributed by atoms with Crippen LogP contribution < -0.4 is 0 Å². The fourth-order valence-electron chi connectivity index (χ4n) is 2.17. The molecule has 0 aliphatic carbocycles. The molecule has 0 rings (SSSR count). The summed E-state index contributed by atoms with van der Waals surface area (Å²) in [6.07, 6.45) is 5.92. The largest absolute Gasteiger partial charge is 0.481 e. The van der Waals surface area contributed by atoms with E-state index in [1.807, 2.05) is 26.8 Å². The van der Waals surface area contributed by atoms with Crippen LogP contribution in [0.25, 0.3) is 0 Å². The summed E-state index contributed by atoms with van der Waals surface area (Å²) in [5.74, 6) is -2.24. The molecule has 0 radical (unpaired) electrons. The quantitative estimate of drug-likeness (QED) is 0.593. The Morgan fingerprint density at radius 3 is 1.89 bits per heavy atom. The maximum absolute atomic E-state index is 11.1. The Morgan fingerprint density at radius 2 is 1.47 bits per heavy atom. The fourth-order valence-corrected chi connectivity index (χ4v) is 2.17. The Morgan fingerprint density at radius 1 is 1.00 bits per heavy atom. The van der Waals surface area contributed by atoms with Gasteiger partial charge in [-0.3, -0.25) is 9.59 Å². The van der Waals surface area contributed by atoms with Crippen LogP contribution in [-0.4, -0.2) is 22.2 Å². The van der Waals surface area contributed by atoms with Crippen molar-refractivity contribution in [3.05, 3.63) is 11.6 Å². The lowest BCUT2D eigenvalue weighted by atomic mass is 9.93. The van der Waals surface area contributed by atoms with Gasteiger partial charge in [-0.05, 0) is 32.6 Å². The van der Waals surface area contributed by atoms with Gasteiger partial charge in [-0.1, -0.05) is 38.3 Å². The Balaban J connectivity index is 4.45. The summed E-state index contributed by atoms with van der Waals surface area (Å²) in [7, 11) is 0. The summed E-state index contributed by atoms with van der Waals surface area (Å²) < 4.78 is 0. The molecule has 2 unspecified atom stereocenters. The summed E-state index contributed by atoms with van der Waals surface area (Å²) >= 11 is 0. The molecular weight excluding hydrogens is 244 g/mol. The molecule has 0 aromatic carbocycles. The molecule has 4 heteroatoms. The van der Waals surface area contributed by atoms with Gasteiger partial charge in [-0.25, -0.2) is 0 Å². The molecule has 0 bridgehead atoms. The maximum atomic E-state index is 11.1. The van der Waals surface area contributed by atoms with Gasteiger partial charge in [0.05, 0.1) is 11.8 Å². The summed E-state index contributed by atoms with van der Waals surface area (Å²) in [5, 5.41) is 18.1. The third-order valence-electron chi connectivity index (χ3n) is 3.29. The second kappa shape index (κ2) is 9.59. The number of aliphatic carboxylic acids is 2. The van der Waals surface area contributed by atoms with Gasteiger partial charge in [0.2, 0.25) is 0 Å². The first-order valence-corrected chi connectivity index (χ1v) is 7.03. The fraction of sp³-hybridized carbons (Fsp3) is 0.733. The highest BCUT2D eigenvalue weighted by molar-refractivity contribution is 5.70. The number of carboxylic acids is 2. The van der Waals surface area contributed by atoms with Crippen molar-refractivity contribution in [3.63, 3.8) is 0 Å². The molecule has 0 fully saturated rings. The van der Waals surface area contributed by atoms with Crippen molar-refractivity contribution < 1.29 is 19.8 Å². The first-order valence-electron chi connectivity index (χ1n) is 7.03. The maximum Gasteiger partial charge on any atom is 0.306 e. The summed E-state index contributed by atoms with van der Waals surface area (Å²) in [6, 6.07) is 0. The van der Waals surface area contributed by atoms with E-state index in [0.29, 0.717) is 25.7 Å². The highest BCUT2D eigenvalue weighted by atomic mass is 16.4. The average Bonchev–Trinajstić information content (AvgIpc) is 2.33. The number of carboxylic acid groups (broad SMARTS) is 2. The highest BCUT2D eigenvalue weighted by Gasteiger charge is 2.18. The van der Waals surface area contributed by atoms with Crippen LogP contribution in [0.4, 0.5) is 0 Å². The number of rotatable bonds is 10. The zero-order valence-corrected chi connectivity index (χ0v) is 12.2. The van der Waals surface area contributed by atoms with Crippen LogP contribution in [-0.2, 0) is 9.59 Å². The number of hydrogen-bond acceptors (Lipinski definition) is 2. The predicted molar refractivity (Wildman–Crippen MR) is 75.1 cm³/mol. The molecule has 0 aromatic rings. The Hall–Kier alpha value is -1.32. The normalized spacial score (nSPS) is 15.0. The van der Waals surface area contributed by atoms with Gasteiger partial charge >= 0.3 is 11.9 Å². The van der Waals surface area contributed by atoms with Crippen LogP contribution in [0.5, 0.6) is 0 Å². The van der Waals surface area contributed by atoms with Gasteiger partial charge in [-0.15, -0.1) is 0 Å². The van der Waals surface area contributed by atoms with Crippen LogP contribution in [0.3, 0.4) is 0 Å². The van der Waals surface area contributed by atoms with E-state index in [4.69, 9.17) is 10.2 Å². The van der Waals surface area contributed by atoms with Crippen LogP contribution in [0.15, 0.2) is 11.6 Å². The Bertz CT molecular complexity index is 320. The third kappa shape index (κ3) is 7.65. The Labute approximate surface area is 115 Å². The molecule has 0 aliphatic heterocycles. The molecule has 0 aromatic heterocycles. The zero-order chi connectivity index (χ0) is 14.8. The van der Waals surface area contributed by atoms with Gasteiger partial charge in [0.25, 0.3) is 0 Å². The second-order valence-corrected chi connectivity index (χ2v) is 5.14. The van der Waals surface area contributed by atoms with Crippen molar-refractivity contribution in [2.75, 3.05) is 0 Å². The summed E-state index contributed by atoms with van der Waals surface area (Å²) in [4.78, 5) is 22.1. The number of carbonyl (C=O) groups is 2. The number of allylic oxidation sites excluding steroid dienone is 2. The van der Waals surface area contributed by atoms with Crippen molar-refractivity contribution >= 4 is 11.9 Å².